The molecule has 0 heterocycles. The first-order valence-corrected chi connectivity index (χ1v) is 8.86. The third-order valence-electron chi connectivity index (χ3n) is 4.45. The number of Topliss-reactive ketones (excluding diaryl/α,β-unsaturated/α-hetero) is 1. The second kappa shape index (κ2) is 8.20. The first-order chi connectivity index (χ1) is 12.5. The van der Waals surface area contributed by atoms with Crippen molar-refractivity contribution in [3.05, 3.63) is 46.0 Å². The van der Waals surface area contributed by atoms with Crippen molar-refractivity contribution in [1.29, 1.82) is 0 Å². The fourth-order valence-corrected chi connectivity index (χ4v) is 3.59. The summed E-state index contributed by atoms with van der Waals surface area (Å²) in [6, 6.07) is 3.89. The van der Waals surface area contributed by atoms with E-state index < -0.39 is 47.3 Å². The molecule has 27 heavy (non-hydrogen) atoms. The molecule has 0 spiro atoms. The van der Waals surface area contributed by atoms with Gasteiger partial charge in [-0.3, -0.25) is 9.59 Å². The monoisotopic (exact) mass is 424 g/mol. The fraction of sp³-hybridized carbons (Fsp3) is 0.444. The molecule has 0 amide bonds. The molecule has 0 aliphatic heterocycles. The molecule has 0 saturated heterocycles. The van der Waals surface area contributed by atoms with Crippen molar-refractivity contribution in [2.75, 3.05) is 6.61 Å². The van der Waals surface area contributed by atoms with E-state index in [0.717, 1.165) is 24.3 Å². The van der Waals surface area contributed by atoms with Gasteiger partial charge in [0.15, 0.2) is 5.78 Å². The Morgan fingerprint density at radius 3 is 2.41 bits per heavy atom. The van der Waals surface area contributed by atoms with E-state index >= 15 is 0 Å². The van der Waals surface area contributed by atoms with Gasteiger partial charge in [0, 0.05) is 12.3 Å². The Morgan fingerprint density at radius 2 is 1.93 bits per heavy atom. The van der Waals surface area contributed by atoms with Gasteiger partial charge in [-0.05, 0) is 37.1 Å². The number of aliphatic hydroxyl groups is 1. The van der Waals surface area contributed by atoms with E-state index in [4.69, 9.17) is 27.9 Å². The number of ether oxygens (including phenoxy) is 1. The van der Waals surface area contributed by atoms with E-state index in [1.807, 2.05) is 0 Å². The van der Waals surface area contributed by atoms with Crippen LogP contribution in [0.25, 0.3) is 0 Å². The van der Waals surface area contributed by atoms with Crippen LogP contribution >= 0.6 is 23.2 Å². The molecular weight excluding hydrogens is 408 g/mol. The Bertz CT molecular complexity index is 742. The van der Waals surface area contributed by atoms with Gasteiger partial charge in [0.25, 0.3) is 0 Å². The summed E-state index contributed by atoms with van der Waals surface area (Å²) in [6.07, 6.45) is -3.82. The third-order valence-corrected chi connectivity index (χ3v) is 4.70. The smallest absolute Gasteiger partial charge is 0.416 e. The number of alkyl halides is 3. The molecule has 9 heteroatoms. The number of benzene rings is 1. The number of halogens is 5. The van der Waals surface area contributed by atoms with Gasteiger partial charge in [-0.25, -0.2) is 0 Å². The average molecular weight is 425 g/mol. The van der Waals surface area contributed by atoms with Gasteiger partial charge in [0.05, 0.1) is 17.8 Å². The van der Waals surface area contributed by atoms with Gasteiger partial charge in [0.2, 0.25) is 0 Å². The minimum absolute atomic E-state index is 0.0663. The van der Waals surface area contributed by atoms with Crippen LogP contribution in [0.1, 0.15) is 30.9 Å². The summed E-state index contributed by atoms with van der Waals surface area (Å²) in [6.45, 7) is 1.65. The molecule has 1 aromatic carbocycles. The highest BCUT2D eigenvalue weighted by atomic mass is 35.5. The van der Waals surface area contributed by atoms with Gasteiger partial charge >= 0.3 is 12.1 Å². The average Bonchev–Trinajstić information content (AvgIpc) is 2.53. The van der Waals surface area contributed by atoms with Crippen LogP contribution in [-0.2, 0) is 26.1 Å². The molecule has 0 aromatic heterocycles. The van der Waals surface area contributed by atoms with Crippen molar-refractivity contribution in [3.63, 3.8) is 0 Å². The van der Waals surface area contributed by atoms with Crippen molar-refractivity contribution in [2.45, 2.75) is 31.5 Å². The lowest BCUT2D eigenvalue weighted by Gasteiger charge is -2.39. The molecular formula is C18H17Cl2F3O4. The Balaban J connectivity index is 2.37. The van der Waals surface area contributed by atoms with Crippen LogP contribution in [-0.4, -0.2) is 23.5 Å². The van der Waals surface area contributed by atoms with Crippen molar-refractivity contribution < 1.29 is 32.6 Å². The van der Waals surface area contributed by atoms with E-state index in [-0.39, 0.29) is 23.1 Å². The second-order valence-electron chi connectivity index (χ2n) is 6.30. The zero-order valence-electron chi connectivity index (χ0n) is 14.2. The molecule has 2 rings (SSSR count). The highest BCUT2D eigenvalue weighted by Crippen LogP contribution is 2.43. The molecule has 0 bridgehead atoms. The number of esters is 1. The van der Waals surface area contributed by atoms with E-state index in [9.17, 15) is 27.9 Å². The molecule has 148 valence electrons. The summed E-state index contributed by atoms with van der Waals surface area (Å²) in [4.78, 5) is 24.7. The number of carbonyl (C=O) groups excluding carboxylic acids is 2. The van der Waals surface area contributed by atoms with E-state index in [2.05, 4.69) is 0 Å². The van der Waals surface area contributed by atoms with Crippen molar-refractivity contribution in [3.8, 4) is 0 Å². The Morgan fingerprint density at radius 1 is 1.33 bits per heavy atom. The van der Waals surface area contributed by atoms with Gasteiger partial charge in [-0.1, -0.05) is 35.3 Å². The second-order valence-corrected chi connectivity index (χ2v) is 7.31. The highest BCUT2D eigenvalue weighted by molar-refractivity contribution is 6.55. The molecule has 1 saturated carbocycles. The first-order valence-electron chi connectivity index (χ1n) is 8.10. The van der Waals surface area contributed by atoms with Crippen LogP contribution < -0.4 is 0 Å². The zero-order chi connectivity index (χ0) is 20.4. The number of carbonyl (C=O) groups is 2. The molecule has 4 nitrogen and oxygen atoms in total. The number of allylic oxidation sites excluding steroid dienone is 1. The largest absolute Gasteiger partial charge is 0.465 e. The molecule has 3 atom stereocenters. The van der Waals surface area contributed by atoms with Crippen LogP contribution in [0.2, 0.25) is 0 Å². The Kier molecular flexibility index (Phi) is 6.60. The van der Waals surface area contributed by atoms with Crippen molar-refractivity contribution in [1.82, 2.24) is 0 Å². The molecule has 1 fully saturated rings. The van der Waals surface area contributed by atoms with Gasteiger partial charge in [-0.15, -0.1) is 0 Å². The Labute approximate surface area is 163 Å². The first kappa shape index (κ1) is 21.7. The normalized spacial score (nSPS) is 25.8. The summed E-state index contributed by atoms with van der Waals surface area (Å²) in [5, 5.41) is 10.9. The van der Waals surface area contributed by atoms with Crippen molar-refractivity contribution in [2.24, 2.45) is 11.8 Å². The molecule has 1 aromatic rings. The SMILES string of the molecule is CCOC(=O)C1C(=O)CC(O)(c2ccc(C(F)(F)F)cc2)CC1C=C(Cl)Cl. The third kappa shape index (κ3) is 5.03. The summed E-state index contributed by atoms with van der Waals surface area (Å²) in [7, 11) is 0. The zero-order valence-corrected chi connectivity index (χ0v) is 15.7. The lowest BCUT2D eigenvalue weighted by Crippen LogP contribution is -2.45. The van der Waals surface area contributed by atoms with Crippen LogP contribution in [0.3, 0.4) is 0 Å². The van der Waals surface area contributed by atoms with Crippen LogP contribution in [0.5, 0.6) is 0 Å². The van der Waals surface area contributed by atoms with E-state index in [0.29, 0.717) is 0 Å². The molecule has 3 unspecified atom stereocenters. The van der Waals surface area contributed by atoms with E-state index in [1.54, 1.807) is 6.92 Å². The number of hydrogen-bond donors (Lipinski definition) is 1. The summed E-state index contributed by atoms with van der Waals surface area (Å²) < 4.78 is 42.9. The standard InChI is InChI=1S/C18H17Cl2F3O4/c1-2-27-16(25)15-10(7-14(19)20)8-17(26,9-13(15)24)11-3-5-12(6-4-11)18(21,22)23/h3-7,10,15,26H,2,8-9H2,1H3. The van der Waals surface area contributed by atoms with Crippen LogP contribution in [0, 0.1) is 11.8 Å². The fourth-order valence-electron chi connectivity index (χ4n) is 3.26. The number of hydrogen-bond acceptors (Lipinski definition) is 4. The minimum Gasteiger partial charge on any atom is -0.465 e. The maximum absolute atomic E-state index is 12.7. The number of ketones is 1. The van der Waals surface area contributed by atoms with Crippen LogP contribution in [0.4, 0.5) is 13.2 Å². The predicted octanol–water partition coefficient (Wildman–Crippen LogP) is 4.37. The van der Waals surface area contributed by atoms with Gasteiger partial charge in [-0.2, -0.15) is 13.2 Å². The minimum atomic E-state index is -4.52. The predicted molar refractivity (Wildman–Crippen MR) is 93.0 cm³/mol. The van der Waals surface area contributed by atoms with Crippen molar-refractivity contribution >= 4 is 35.0 Å². The number of rotatable bonds is 4. The lowest BCUT2D eigenvalue weighted by molar-refractivity contribution is -0.159. The van der Waals surface area contributed by atoms with Gasteiger partial charge < -0.3 is 9.84 Å². The topological polar surface area (TPSA) is 63.6 Å². The Hall–Kier alpha value is -1.57. The molecule has 1 aliphatic rings. The summed E-state index contributed by atoms with van der Waals surface area (Å²) >= 11 is 11.3. The van der Waals surface area contributed by atoms with E-state index in [1.165, 1.54) is 6.08 Å². The van der Waals surface area contributed by atoms with Crippen LogP contribution in [0.15, 0.2) is 34.8 Å². The molecule has 1 N–H and O–H groups in total. The molecule has 1 aliphatic carbocycles. The highest BCUT2D eigenvalue weighted by Gasteiger charge is 2.48. The lowest BCUT2D eigenvalue weighted by atomic mass is 9.68. The summed E-state index contributed by atoms with van der Waals surface area (Å²) in [5.41, 5.74) is -2.49. The quantitative estimate of drug-likeness (QED) is 0.575. The molecule has 0 radical (unpaired) electrons. The maximum atomic E-state index is 12.7. The maximum Gasteiger partial charge on any atom is 0.416 e. The summed E-state index contributed by atoms with van der Waals surface area (Å²) in [5.74, 6) is -3.40. The van der Waals surface area contributed by atoms with Gasteiger partial charge in [0.1, 0.15) is 10.4 Å².